The van der Waals surface area contributed by atoms with E-state index >= 15 is 0 Å². The molecule has 1 unspecified atom stereocenters. The summed E-state index contributed by atoms with van der Waals surface area (Å²) in [4.78, 5) is 13.6. The molecule has 5 heteroatoms. The van der Waals surface area contributed by atoms with Gasteiger partial charge in [0.05, 0.1) is 6.10 Å². The molecular weight excluding hydrogens is 244 g/mol. The maximum absolute atomic E-state index is 12.0. The number of aliphatic hydroxyl groups is 1. The van der Waals surface area contributed by atoms with Crippen LogP contribution in [-0.4, -0.2) is 46.4 Å². The van der Waals surface area contributed by atoms with Crippen molar-refractivity contribution in [3.63, 3.8) is 0 Å². The normalized spacial score (nSPS) is 29.7. The van der Waals surface area contributed by atoms with Crippen LogP contribution in [0.25, 0.3) is 0 Å². The predicted octanol–water partition coefficient (Wildman–Crippen LogP) is 1.87. The first-order valence-corrected chi connectivity index (χ1v) is 6.98. The predicted molar refractivity (Wildman–Crippen MR) is 74.9 cm³/mol. The van der Waals surface area contributed by atoms with E-state index in [2.05, 4.69) is 0 Å². The molecule has 0 heterocycles. The first kappa shape index (κ1) is 16.2. The van der Waals surface area contributed by atoms with E-state index < -0.39 is 11.1 Å². The standard InChI is InChI=1S/C14H28N2O3/c1-10(14(15)8-6-11(17)7-9-14)16(5)12(18)19-13(2,3)4/h10-11,17H,6-9,15H2,1-5H3. The van der Waals surface area contributed by atoms with E-state index in [0.717, 1.165) is 12.8 Å². The van der Waals surface area contributed by atoms with Crippen LogP contribution in [0.5, 0.6) is 0 Å². The van der Waals surface area contributed by atoms with Gasteiger partial charge in [0, 0.05) is 18.6 Å². The molecule has 1 saturated carbocycles. The highest BCUT2D eigenvalue weighted by molar-refractivity contribution is 5.68. The van der Waals surface area contributed by atoms with Crippen LogP contribution in [0.4, 0.5) is 4.79 Å². The maximum Gasteiger partial charge on any atom is 0.410 e. The smallest absolute Gasteiger partial charge is 0.410 e. The number of nitrogens with two attached hydrogens (primary N) is 1. The summed E-state index contributed by atoms with van der Waals surface area (Å²) < 4.78 is 5.36. The van der Waals surface area contributed by atoms with E-state index in [9.17, 15) is 9.90 Å². The van der Waals surface area contributed by atoms with E-state index in [4.69, 9.17) is 10.5 Å². The number of carbonyl (C=O) groups is 1. The Morgan fingerprint density at radius 2 is 1.89 bits per heavy atom. The van der Waals surface area contributed by atoms with Crippen LogP contribution in [0.2, 0.25) is 0 Å². The minimum atomic E-state index is -0.504. The summed E-state index contributed by atoms with van der Waals surface area (Å²) in [6.07, 6.45) is 2.24. The summed E-state index contributed by atoms with van der Waals surface area (Å²) >= 11 is 0. The Labute approximate surface area is 116 Å². The first-order valence-electron chi connectivity index (χ1n) is 6.98. The van der Waals surface area contributed by atoms with Crippen LogP contribution in [0.3, 0.4) is 0 Å². The largest absolute Gasteiger partial charge is 0.444 e. The van der Waals surface area contributed by atoms with E-state index in [1.165, 1.54) is 0 Å². The lowest BCUT2D eigenvalue weighted by Gasteiger charge is -2.44. The summed E-state index contributed by atoms with van der Waals surface area (Å²) in [5.41, 5.74) is 5.46. The van der Waals surface area contributed by atoms with Crippen molar-refractivity contribution >= 4 is 6.09 Å². The third-order valence-electron chi connectivity index (χ3n) is 3.98. The van der Waals surface area contributed by atoms with Crippen molar-refractivity contribution in [2.45, 2.75) is 76.7 Å². The van der Waals surface area contributed by atoms with Crippen molar-refractivity contribution in [1.29, 1.82) is 0 Å². The zero-order chi connectivity index (χ0) is 14.8. The average molecular weight is 272 g/mol. The van der Waals surface area contributed by atoms with Crippen molar-refractivity contribution < 1.29 is 14.6 Å². The van der Waals surface area contributed by atoms with E-state index in [0.29, 0.717) is 12.8 Å². The first-order chi connectivity index (χ1) is 8.55. The van der Waals surface area contributed by atoms with Crippen LogP contribution in [-0.2, 0) is 4.74 Å². The second kappa shape index (κ2) is 5.67. The molecular formula is C14H28N2O3. The second-order valence-electron chi connectivity index (χ2n) is 6.73. The van der Waals surface area contributed by atoms with Gasteiger partial charge in [0.1, 0.15) is 5.60 Å². The van der Waals surface area contributed by atoms with E-state index in [1.54, 1.807) is 11.9 Å². The van der Waals surface area contributed by atoms with Crippen molar-refractivity contribution in [2.24, 2.45) is 5.73 Å². The van der Waals surface area contributed by atoms with Gasteiger partial charge in [-0.2, -0.15) is 0 Å². The van der Waals surface area contributed by atoms with Crippen molar-refractivity contribution in [2.75, 3.05) is 7.05 Å². The lowest BCUT2D eigenvalue weighted by atomic mass is 9.76. The van der Waals surface area contributed by atoms with E-state index in [-0.39, 0.29) is 18.2 Å². The number of ether oxygens (including phenoxy) is 1. The minimum Gasteiger partial charge on any atom is -0.444 e. The molecule has 0 aliphatic heterocycles. The Balaban J connectivity index is 2.65. The summed E-state index contributed by atoms with van der Waals surface area (Å²) in [5, 5.41) is 9.56. The van der Waals surface area contributed by atoms with Crippen LogP contribution in [0.1, 0.15) is 53.4 Å². The van der Waals surface area contributed by atoms with Gasteiger partial charge in [-0.3, -0.25) is 0 Å². The summed E-state index contributed by atoms with van der Waals surface area (Å²) in [6.45, 7) is 7.48. The average Bonchev–Trinajstić information content (AvgIpc) is 2.29. The molecule has 0 bridgehead atoms. The number of hydrogen-bond acceptors (Lipinski definition) is 4. The molecule has 0 aromatic carbocycles. The van der Waals surface area contributed by atoms with Gasteiger partial charge in [-0.25, -0.2) is 4.79 Å². The van der Waals surface area contributed by atoms with Crippen LogP contribution in [0.15, 0.2) is 0 Å². The Kier molecular flexibility index (Phi) is 4.85. The van der Waals surface area contributed by atoms with Gasteiger partial charge >= 0.3 is 6.09 Å². The van der Waals surface area contributed by atoms with Gasteiger partial charge in [0.15, 0.2) is 0 Å². The lowest BCUT2D eigenvalue weighted by molar-refractivity contribution is 0.00719. The van der Waals surface area contributed by atoms with Crippen molar-refractivity contribution in [1.82, 2.24) is 4.90 Å². The highest BCUT2D eigenvalue weighted by Crippen LogP contribution is 2.31. The molecule has 1 atom stereocenters. The molecule has 3 N–H and O–H groups in total. The molecule has 0 radical (unpaired) electrons. The molecule has 0 spiro atoms. The number of aliphatic hydroxyl groups excluding tert-OH is 1. The molecule has 0 aromatic rings. The molecule has 1 aliphatic carbocycles. The zero-order valence-corrected chi connectivity index (χ0v) is 12.8. The van der Waals surface area contributed by atoms with Gasteiger partial charge in [-0.05, 0) is 53.4 Å². The minimum absolute atomic E-state index is 0.116. The number of rotatable bonds is 2. The van der Waals surface area contributed by atoms with Gasteiger partial charge in [0.25, 0.3) is 0 Å². The monoisotopic (exact) mass is 272 g/mol. The Bertz CT molecular complexity index is 317. The third-order valence-corrected chi connectivity index (χ3v) is 3.98. The molecule has 0 aromatic heterocycles. The van der Waals surface area contributed by atoms with Crippen LogP contribution in [0, 0.1) is 0 Å². The maximum atomic E-state index is 12.0. The van der Waals surface area contributed by atoms with Gasteiger partial charge < -0.3 is 20.5 Å². The number of nitrogens with zero attached hydrogens (tertiary/aromatic N) is 1. The molecule has 1 aliphatic rings. The van der Waals surface area contributed by atoms with E-state index in [1.807, 2.05) is 27.7 Å². The SMILES string of the molecule is CC(N(C)C(=O)OC(C)(C)C)C1(N)CCC(O)CC1. The fourth-order valence-electron chi connectivity index (χ4n) is 2.44. The Morgan fingerprint density at radius 1 is 1.42 bits per heavy atom. The highest BCUT2D eigenvalue weighted by Gasteiger charge is 2.40. The molecule has 19 heavy (non-hydrogen) atoms. The quantitative estimate of drug-likeness (QED) is 0.804. The Hall–Kier alpha value is -0.810. The molecule has 1 amide bonds. The fraction of sp³-hybridized carbons (Fsp3) is 0.929. The van der Waals surface area contributed by atoms with Gasteiger partial charge in [-0.1, -0.05) is 0 Å². The van der Waals surface area contributed by atoms with Gasteiger partial charge in [0.2, 0.25) is 0 Å². The number of hydrogen-bond donors (Lipinski definition) is 2. The third kappa shape index (κ3) is 4.35. The number of amides is 1. The molecule has 1 fully saturated rings. The molecule has 112 valence electrons. The summed E-state index contributed by atoms with van der Waals surface area (Å²) in [5.74, 6) is 0. The number of likely N-dealkylation sites (N-methyl/N-ethyl adjacent to an activating group) is 1. The number of carbonyl (C=O) groups excluding carboxylic acids is 1. The highest BCUT2D eigenvalue weighted by atomic mass is 16.6. The van der Waals surface area contributed by atoms with Crippen molar-refractivity contribution in [3.8, 4) is 0 Å². The van der Waals surface area contributed by atoms with Gasteiger partial charge in [-0.15, -0.1) is 0 Å². The second-order valence-corrected chi connectivity index (χ2v) is 6.73. The molecule has 0 saturated heterocycles. The summed E-state index contributed by atoms with van der Waals surface area (Å²) in [6, 6.07) is -0.116. The van der Waals surface area contributed by atoms with Crippen molar-refractivity contribution in [3.05, 3.63) is 0 Å². The fourth-order valence-corrected chi connectivity index (χ4v) is 2.44. The lowest BCUT2D eigenvalue weighted by Crippen LogP contribution is -2.59. The molecule has 1 rings (SSSR count). The zero-order valence-electron chi connectivity index (χ0n) is 12.8. The Morgan fingerprint density at radius 3 is 2.32 bits per heavy atom. The summed E-state index contributed by atoms with van der Waals surface area (Å²) in [7, 11) is 1.72. The van der Waals surface area contributed by atoms with Crippen LogP contribution >= 0.6 is 0 Å². The molecule has 5 nitrogen and oxygen atoms in total. The van der Waals surface area contributed by atoms with Crippen LogP contribution < -0.4 is 5.73 Å². The topological polar surface area (TPSA) is 75.8 Å².